The molecule has 0 bridgehead atoms. The van der Waals surface area contributed by atoms with E-state index in [-0.39, 0.29) is 28.1 Å². The minimum absolute atomic E-state index is 0.0766. The second kappa shape index (κ2) is 11.0. The van der Waals surface area contributed by atoms with Crippen LogP contribution in [-0.2, 0) is 4.74 Å². The van der Waals surface area contributed by atoms with E-state index in [1.54, 1.807) is 65.6 Å². The first-order valence-electron chi connectivity index (χ1n) is 13.0. The molecule has 1 saturated heterocycles. The number of fused-ring (bicyclic) bond motifs is 1. The van der Waals surface area contributed by atoms with Crippen LogP contribution in [-0.4, -0.2) is 63.6 Å². The molecule has 1 aliphatic heterocycles. The number of morpholine rings is 1. The minimum atomic E-state index is -0.565. The predicted molar refractivity (Wildman–Crippen MR) is 156 cm³/mol. The van der Waals surface area contributed by atoms with Crippen LogP contribution < -0.4 is 16.2 Å². The summed E-state index contributed by atoms with van der Waals surface area (Å²) in [5.74, 6) is -0.0702. The van der Waals surface area contributed by atoms with Crippen molar-refractivity contribution < 1.29 is 23.9 Å². The van der Waals surface area contributed by atoms with Gasteiger partial charge in [0.1, 0.15) is 17.3 Å². The number of primary amides is 1. The molecule has 2 aromatic heterocycles. The minimum Gasteiger partial charge on any atom is -0.457 e. The van der Waals surface area contributed by atoms with Crippen molar-refractivity contribution in [1.29, 1.82) is 0 Å². The lowest BCUT2D eigenvalue weighted by atomic mass is 10.1. The van der Waals surface area contributed by atoms with E-state index in [1.165, 1.54) is 16.9 Å². The van der Waals surface area contributed by atoms with Crippen molar-refractivity contribution in [2.24, 2.45) is 5.73 Å². The highest BCUT2D eigenvalue weighted by atomic mass is 35.5. The number of H-pyrrole nitrogens is 1. The van der Waals surface area contributed by atoms with Crippen molar-refractivity contribution in [3.05, 3.63) is 100 Å². The van der Waals surface area contributed by atoms with Crippen LogP contribution in [0.15, 0.2) is 72.9 Å². The standard InChI is InChI=1S/C30H25ClN6O5/c31-23-15-21(42-20-3-1-2-17(13-20)29(33)39)5-7-26(23)37-28(32)22(16-34-37)27(38)25-14-19-12-18(4-6-24(19)35-25)30(40)36-8-10-41-11-9-36/h1-7,12-16,35H,8-11,32H2,(H2,33,39). The molecule has 3 heterocycles. The van der Waals surface area contributed by atoms with E-state index in [4.69, 9.17) is 32.5 Å². The van der Waals surface area contributed by atoms with Gasteiger partial charge in [-0.3, -0.25) is 14.4 Å². The summed E-state index contributed by atoms with van der Waals surface area (Å²) in [5, 5.41) is 5.30. The van der Waals surface area contributed by atoms with E-state index in [0.29, 0.717) is 65.8 Å². The van der Waals surface area contributed by atoms with Gasteiger partial charge < -0.3 is 30.8 Å². The number of aromatic amines is 1. The summed E-state index contributed by atoms with van der Waals surface area (Å²) in [6.45, 7) is 2.12. The first-order valence-corrected chi connectivity index (χ1v) is 13.4. The van der Waals surface area contributed by atoms with Gasteiger partial charge in [0, 0.05) is 41.2 Å². The van der Waals surface area contributed by atoms with Crippen LogP contribution in [0.4, 0.5) is 5.82 Å². The van der Waals surface area contributed by atoms with E-state index >= 15 is 0 Å². The fraction of sp³-hybridized carbons (Fsp3) is 0.133. The second-order valence-corrected chi connectivity index (χ2v) is 10.1. The van der Waals surface area contributed by atoms with Crippen LogP contribution in [0.5, 0.6) is 11.5 Å². The third kappa shape index (κ3) is 5.18. The zero-order chi connectivity index (χ0) is 29.4. The Morgan fingerprint density at radius 1 is 0.952 bits per heavy atom. The fourth-order valence-corrected chi connectivity index (χ4v) is 5.03. The van der Waals surface area contributed by atoms with Crippen LogP contribution in [0.1, 0.15) is 36.8 Å². The summed E-state index contributed by atoms with van der Waals surface area (Å²) in [7, 11) is 0. The van der Waals surface area contributed by atoms with E-state index < -0.39 is 5.91 Å². The van der Waals surface area contributed by atoms with Crippen molar-refractivity contribution in [3.8, 4) is 17.2 Å². The quantitative estimate of drug-likeness (QED) is 0.242. The zero-order valence-corrected chi connectivity index (χ0v) is 22.9. The predicted octanol–water partition coefficient (Wildman–Crippen LogP) is 4.18. The van der Waals surface area contributed by atoms with Gasteiger partial charge in [-0.05, 0) is 54.6 Å². The van der Waals surface area contributed by atoms with Gasteiger partial charge in [-0.2, -0.15) is 5.10 Å². The Kier molecular flexibility index (Phi) is 7.11. The molecule has 42 heavy (non-hydrogen) atoms. The lowest BCUT2D eigenvalue weighted by Gasteiger charge is -2.26. The molecule has 11 nitrogen and oxygen atoms in total. The molecule has 1 aliphatic rings. The van der Waals surface area contributed by atoms with Crippen LogP contribution in [0.25, 0.3) is 16.6 Å². The number of nitrogens with zero attached hydrogens (tertiary/aromatic N) is 3. The van der Waals surface area contributed by atoms with Gasteiger partial charge in [-0.15, -0.1) is 0 Å². The second-order valence-electron chi connectivity index (χ2n) is 9.68. The lowest BCUT2D eigenvalue weighted by molar-refractivity contribution is 0.0303. The smallest absolute Gasteiger partial charge is 0.254 e. The molecule has 3 aromatic carbocycles. The maximum Gasteiger partial charge on any atom is 0.254 e. The lowest BCUT2D eigenvalue weighted by Crippen LogP contribution is -2.40. The molecule has 12 heteroatoms. The average Bonchev–Trinajstić information content (AvgIpc) is 3.60. The van der Waals surface area contributed by atoms with E-state index in [1.807, 2.05) is 0 Å². The number of carbonyl (C=O) groups excluding carboxylic acids is 3. The maximum absolute atomic E-state index is 13.4. The first kappa shape index (κ1) is 27.1. The number of hydrogen-bond acceptors (Lipinski definition) is 7. The Balaban J connectivity index is 1.22. The molecule has 0 unspecified atom stereocenters. The van der Waals surface area contributed by atoms with Gasteiger partial charge in [-0.25, -0.2) is 4.68 Å². The van der Waals surface area contributed by atoms with Gasteiger partial charge in [0.05, 0.1) is 41.4 Å². The van der Waals surface area contributed by atoms with Crippen LogP contribution in [0, 0.1) is 0 Å². The highest BCUT2D eigenvalue weighted by molar-refractivity contribution is 6.32. The van der Waals surface area contributed by atoms with Gasteiger partial charge in [0.25, 0.3) is 5.91 Å². The van der Waals surface area contributed by atoms with Crippen molar-refractivity contribution in [3.63, 3.8) is 0 Å². The maximum atomic E-state index is 13.4. The number of rotatable bonds is 7. The number of carbonyl (C=O) groups is 3. The number of nitrogens with two attached hydrogens (primary N) is 2. The largest absolute Gasteiger partial charge is 0.457 e. The Morgan fingerprint density at radius 3 is 2.50 bits per heavy atom. The Morgan fingerprint density at radius 2 is 1.74 bits per heavy atom. The molecule has 1 fully saturated rings. The van der Waals surface area contributed by atoms with E-state index in [9.17, 15) is 14.4 Å². The molecule has 212 valence electrons. The summed E-state index contributed by atoms with van der Waals surface area (Å²) in [5.41, 5.74) is 14.2. The highest BCUT2D eigenvalue weighted by Crippen LogP contribution is 2.31. The number of ether oxygens (including phenoxy) is 2. The van der Waals surface area contributed by atoms with Gasteiger partial charge >= 0.3 is 0 Å². The molecule has 0 saturated carbocycles. The van der Waals surface area contributed by atoms with Crippen molar-refractivity contribution in [2.75, 3.05) is 32.0 Å². The zero-order valence-electron chi connectivity index (χ0n) is 22.2. The summed E-state index contributed by atoms with van der Waals surface area (Å²) >= 11 is 6.54. The number of nitrogens with one attached hydrogen (secondary N) is 1. The molecule has 5 N–H and O–H groups in total. The SMILES string of the molecule is NC(=O)c1cccc(Oc2ccc(-n3ncc(C(=O)c4cc5cc(C(=O)N6CCOCC6)ccc5[nH]4)c3N)c(Cl)c2)c1. The molecular formula is C30H25ClN6O5. The summed E-state index contributed by atoms with van der Waals surface area (Å²) in [6.07, 6.45) is 1.38. The molecule has 6 rings (SSSR count). The van der Waals surface area contributed by atoms with Crippen LogP contribution in [0.2, 0.25) is 5.02 Å². The fourth-order valence-electron chi connectivity index (χ4n) is 4.78. The van der Waals surface area contributed by atoms with Crippen LogP contribution in [0.3, 0.4) is 0 Å². The molecule has 0 spiro atoms. The molecular weight excluding hydrogens is 560 g/mol. The van der Waals surface area contributed by atoms with Crippen LogP contribution >= 0.6 is 11.6 Å². The number of amides is 2. The number of anilines is 1. The van der Waals surface area contributed by atoms with Gasteiger partial charge in [0.2, 0.25) is 11.7 Å². The topological polar surface area (TPSA) is 159 Å². The van der Waals surface area contributed by atoms with Gasteiger partial charge in [-0.1, -0.05) is 17.7 Å². The summed E-state index contributed by atoms with van der Waals surface area (Å²) in [6, 6.07) is 18.3. The number of aromatic nitrogens is 3. The number of ketones is 1. The van der Waals surface area contributed by atoms with E-state index in [0.717, 1.165) is 5.39 Å². The number of halogens is 1. The third-order valence-corrected chi connectivity index (χ3v) is 7.27. The Hall–Kier alpha value is -5.13. The van der Waals surface area contributed by atoms with Crippen molar-refractivity contribution >= 4 is 45.9 Å². The molecule has 2 amide bonds. The highest BCUT2D eigenvalue weighted by Gasteiger charge is 2.22. The molecule has 0 radical (unpaired) electrons. The monoisotopic (exact) mass is 584 g/mol. The Bertz CT molecular complexity index is 1860. The molecule has 0 atom stereocenters. The number of hydrogen-bond donors (Lipinski definition) is 3. The van der Waals surface area contributed by atoms with Gasteiger partial charge in [0.15, 0.2) is 0 Å². The number of nitrogen functional groups attached to an aromatic ring is 1. The summed E-state index contributed by atoms with van der Waals surface area (Å²) < 4.78 is 12.5. The summed E-state index contributed by atoms with van der Waals surface area (Å²) in [4.78, 5) is 42.6. The third-order valence-electron chi connectivity index (χ3n) is 6.96. The molecule has 5 aromatic rings. The first-order chi connectivity index (χ1) is 20.3. The Labute approximate surface area is 244 Å². The van der Waals surface area contributed by atoms with Crippen molar-refractivity contribution in [1.82, 2.24) is 19.7 Å². The number of benzene rings is 3. The normalized spacial score (nSPS) is 13.3. The molecule has 0 aliphatic carbocycles. The average molecular weight is 585 g/mol. The van der Waals surface area contributed by atoms with Crippen molar-refractivity contribution in [2.45, 2.75) is 0 Å². The van der Waals surface area contributed by atoms with E-state index in [2.05, 4.69) is 10.1 Å².